The molecule has 0 unspecified atom stereocenters. The first-order valence-corrected chi connectivity index (χ1v) is 8.53. The predicted molar refractivity (Wildman–Crippen MR) is 102 cm³/mol. The number of rotatable bonds is 2. The number of aromatic nitrogens is 1. The van der Waals surface area contributed by atoms with E-state index in [1.165, 1.54) is 50.3 Å². The average molecular weight is 316 g/mol. The Kier molecular flexibility index (Phi) is 4.28. The third-order valence-electron chi connectivity index (χ3n) is 4.99. The van der Waals surface area contributed by atoms with Gasteiger partial charge in [0.25, 0.3) is 0 Å². The van der Waals surface area contributed by atoms with Crippen LogP contribution in [-0.2, 0) is 7.05 Å². The van der Waals surface area contributed by atoms with Gasteiger partial charge in [0.1, 0.15) is 7.05 Å². The molecule has 122 valence electrons. The SMILES string of the molecule is Cc1cc(-c2ccccc2C)[n+](C)c(-c2cc(C)c(C)cc2C)c1. The Hall–Kier alpha value is -2.41. The molecule has 0 bridgehead atoms. The summed E-state index contributed by atoms with van der Waals surface area (Å²) in [5, 5.41) is 0. The molecule has 0 spiro atoms. The van der Waals surface area contributed by atoms with Gasteiger partial charge in [-0.15, -0.1) is 0 Å². The van der Waals surface area contributed by atoms with E-state index < -0.39 is 0 Å². The number of aryl methyl sites for hydroxylation is 5. The van der Waals surface area contributed by atoms with Gasteiger partial charge in [-0.3, -0.25) is 0 Å². The van der Waals surface area contributed by atoms with E-state index in [0.717, 1.165) is 0 Å². The molecule has 0 radical (unpaired) electrons. The number of nitrogens with zero attached hydrogens (tertiary/aromatic N) is 1. The largest absolute Gasteiger partial charge is 0.213 e. The molecular formula is C23H26N+. The molecule has 0 aliphatic heterocycles. The fraction of sp³-hybridized carbons (Fsp3) is 0.261. The van der Waals surface area contributed by atoms with Crippen LogP contribution in [0.2, 0.25) is 0 Å². The quantitative estimate of drug-likeness (QED) is 0.558. The van der Waals surface area contributed by atoms with Crippen molar-refractivity contribution in [1.82, 2.24) is 0 Å². The van der Waals surface area contributed by atoms with Gasteiger partial charge in [-0.1, -0.05) is 24.3 Å². The maximum absolute atomic E-state index is 2.33. The van der Waals surface area contributed by atoms with Gasteiger partial charge in [0.15, 0.2) is 0 Å². The highest BCUT2D eigenvalue weighted by Crippen LogP contribution is 2.28. The summed E-state index contributed by atoms with van der Waals surface area (Å²) >= 11 is 0. The monoisotopic (exact) mass is 316 g/mol. The zero-order valence-corrected chi connectivity index (χ0v) is 15.6. The summed E-state index contributed by atoms with van der Waals surface area (Å²) in [6.45, 7) is 10.9. The second kappa shape index (κ2) is 6.24. The molecule has 0 atom stereocenters. The molecule has 24 heavy (non-hydrogen) atoms. The minimum absolute atomic E-state index is 1.26. The summed E-state index contributed by atoms with van der Waals surface area (Å²) in [5.41, 5.74) is 11.8. The number of hydrogen-bond acceptors (Lipinski definition) is 0. The highest BCUT2D eigenvalue weighted by molar-refractivity contribution is 5.67. The smallest absolute Gasteiger partial charge is 0.194 e. The van der Waals surface area contributed by atoms with E-state index >= 15 is 0 Å². The van der Waals surface area contributed by atoms with Crippen molar-refractivity contribution in [2.75, 3.05) is 0 Å². The molecule has 1 nitrogen and oxygen atoms in total. The summed E-state index contributed by atoms with van der Waals surface area (Å²) in [6, 6.07) is 17.8. The summed E-state index contributed by atoms with van der Waals surface area (Å²) < 4.78 is 2.33. The Balaban J connectivity index is 2.29. The van der Waals surface area contributed by atoms with Gasteiger partial charge in [-0.2, -0.15) is 4.57 Å². The molecule has 3 rings (SSSR count). The molecule has 0 saturated carbocycles. The van der Waals surface area contributed by atoms with Crippen LogP contribution in [0.15, 0.2) is 48.5 Å². The van der Waals surface area contributed by atoms with Gasteiger partial charge in [-0.25, -0.2) is 0 Å². The third-order valence-corrected chi connectivity index (χ3v) is 4.99. The second-order valence-corrected chi connectivity index (χ2v) is 6.93. The number of hydrogen-bond donors (Lipinski definition) is 0. The van der Waals surface area contributed by atoms with Crippen LogP contribution < -0.4 is 4.57 Å². The number of pyridine rings is 1. The Labute approximate surface area is 145 Å². The lowest BCUT2D eigenvalue weighted by atomic mass is 9.96. The van der Waals surface area contributed by atoms with Crippen LogP contribution >= 0.6 is 0 Å². The molecule has 1 heteroatoms. The van der Waals surface area contributed by atoms with E-state index in [1.54, 1.807) is 0 Å². The Bertz CT molecular complexity index is 920. The molecule has 0 N–H and O–H groups in total. The van der Waals surface area contributed by atoms with E-state index in [1.807, 2.05) is 0 Å². The summed E-state index contributed by atoms with van der Waals surface area (Å²) in [7, 11) is 2.17. The molecule has 1 aromatic heterocycles. The first-order valence-electron chi connectivity index (χ1n) is 8.53. The Morgan fingerprint density at radius 2 is 1.17 bits per heavy atom. The highest BCUT2D eigenvalue weighted by atomic mass is 14.9. The van der Waals surface area contributed by atoms with E-state index in [2.05, 4.69) is 94.8 Å². The molecule has 0 fully saturated rings. The van der Waals surface area contributed by atoms with Crippen molar-refractivity contribution in [3.63, 3.8) is 0 Å². The molecule has 0 aliphatic carbocycles. The molecule has 3 aromatic rings. The van der Waals surface area contributed by atoms with E-state index in [9.17, 15) is 0 Å². The zero-order chi connectivity index (χ0) is 17.4. The van der Waals surface area contributed by atoms with E-state index in [0.29, 0.717) is 0 Å². The lowest BCUT2D eigenvalue weighted by Crippen LogP contribution is -2.34. The van der Waals surface area contributed by atoms with Crippen molar-refractivity contribution in [1.29, 1.82) is 0 Å². The lowest BCUT2D eigenvalue weighted by molar-refractivity contribution is -0.649. The van der Waals surface area contributed by atoms with Crippen molar-refractivity contribution in [2.24, 2.45) is 7.05 Å². The molecular weight excluding hydrogens is 290 g/mol. The standard InChI is InChI=1S/C23H26N/c1-15-11-22(20-10-8-7-9-16(20)2)24(6)23(12-15)21-14-18(4)17(3)13-19(21)5/h7-14H,1-6H3/q+1. The molecule has 0 amide bonds. The molecule has 0 aliphatic rings. The summed E-state index contributed by atoms with van der Waals surface area (Å²) in [5.74, 6) is 0. The van der Waals surface area contributed by atoms with Crippen molar-refractivity contribution in [2.45, 2.75) is 34.6 Å². The average Bonchev–Trinajstić information content (AvgIpc) is 2.54. The van der Waals surface area contributed by atoms with Crippen molar-refractivity contribution >= 4 is 0 Å². The highest BCUT2D eigenvalue weighted by Gasteiger charge is 2.20. The molecule has 1 heterocycles. The summed E-state index contributed by atoms with van der Waals surface area (Å²) in [6.07, 6.45) is 0. The normalized spacial score (nSPS) is 10.9. The van der Waals surface area contributed by atoms with Crippen LogP contribution in [0.1, 0.15) is 27.8 Å². The third kappa shape index (κ3) is 2.87. The first kappa shape index (κ1) is 16.4. The fourth-order valence-electron chi connectivity index (χ4n) is 3.41. The Morgan fingerprint density at radius 3 is 1.83 bits per heavy atom. The van der Waals surface area contributed by atoms with Gasteiger partial charge in [-0.05, 0) is 74.6 Å². The van der Waals surface area contributed by atoms with Crippen LogP contribution in [0.4, 0.5) is 0 Å². The van der Waals surface area contributed by atoms with E-state index in [-0.39, 0.29) is 0 Å². The maximum atomic E-state index is 2.33. The zero-order valence-electron chi connectivity index (χ0n) is 15.6. The minimum Gasteiger partial charge on any atom is -0.194 e. The van der Waals surface area contributed by atoms with Gasteiger partial charge < -0.3 is 0 Å². The first-order chi connectivity index (χ1) is 11.4. The van der Waals surface area contributed by atoms with Crippen LogP contribution in [-0.4, -0.2) is 0 Å². The van der Waals surface area contributed by atoms with Crippen LogP contribution in [0, 0.1) is 34.6 Å². The van der Waals surface area contributed by atoms with Gasteiger partial charge in [0, 0.05) is 23.3 Å². The Morgan fingerprint density at radius 1 is 0.583 bits per heavy atom. The van der Waals surface area contributed by atoms with Crippen molar-refractivity contribution in [3.05, 3.63) is 76.3 Å². The molecule has 0 saturated heterocycles. The summed E-state index contributed by atoms with van der Waals surface area (Å²) in [4.78, 5) is 0. The predicted octanol–water partition coefficient (Wildman–Crippen LogP) is 5.39. The number of benzene rings is 2. The van der Waals surface area contributed by atoms with Crippen molar-refractivity contribution < 1.29 is 4.57 Å². The molecule has 2 aromatic carbocycles. The van der Waals surface area contributed by atoms with Gasteiger partial charge >= 0.3 is 0 Å². The lowest BCUT2D eigenvalue weighted by Gasteiger charge is -2.12. The van der Waals surface area contributed by atoms with Crippen LogP contribution in [0.25, 0.3) is 22.5 Å². The van der Waals surface area contributed by atoms with Gasteiger partial charge in [0.2, 0.25) is 11.4 Å². The maximum Gasteiger partial charge on any atom is 0.213 e. The fourth-order valence-corrected chi connectivity index (χ4v) is 3.41. The topological polar surface area (TPSA) is 3.88 Å². The van der Waals surface area contributed by atoms with E-state index in [4.69, 9.17) is 0 Å². The van der Waals surface area contributed by atoms with Crippen molar-refractivity contribution in [3.8, 4) is 22.5 Å². The minimum atomic E-state index is 1.26. The van der Waals surface area contributed by atoms with Gasteiger partial charge in [0.05, 0.1) is 0 Å². The second-order valence-electron chi connectivity index (χ2n) is 6.93. The van der Waals surface area contributed by atoms with Crippen LogP contribution in [0.5, 0.6) is 0 Å². The van der Waals surface area contributed by atoms with Crippen LogP contribution in [0.3, 0.4) is 0 Å².